The molecule has 4 aromatic carbocycles. The van der Waals surface area contributed by atoms with Crippen LogP contribution in [0.1, 0.15) is 85.0 Å². The number of hydrogen-bond donors (Lipinski definition) is 4. The Morgan fingerprint density at radius 1 is 0.461 bits per heavy atom. The van der Waals surface area contributed by atoms with Crippen molar-refractivity contribution in [2.45, 2.75) is 81.8 Å². The summed E-state index contributed by atoms with van der Waals surface area (Å²) >= 11 is 0. The van der Waals surface area contributed by atoms with Crippen molar-refractivity contribution >= 4 is 74.4 Å². The van der Waals surface area contributed by atoms with E-state index < -0.39 is 30.5 Å². The zero-order chi connectivity index (χ0) is 60.4. The van der Waals surface area contributed by atoms with Gasteiger partial charge in [-0.25, -0.2) is 4.99 Å². The number of carbonyl (C=O) groups is 4. The Labute approximate surface area is 524 Å². The molecule has 4 saturated heterocycles. The molecule has 21 heteroatoms. The van der Waals surface area contributed by atoms with Gasteiger partial charge in [-0.15, -0.1) is 27.8 Å². The average Bonchev–Trinajstić information content (AvgIpc) is 2.07. The molecule has 13 rings (SSSR count). The number of aliphatic imine (C=N–C) groups is 1. The van der Waals surface area contributed by atoms with Crippen LogP contribution in [-0.4, -0.2) is 115 Å². The maximum atomic E-state index is 14.3. The number of methoxy groups -OCH3 is 4. The second kappa shape index (κ2) is 26.4. The SMILES string of the molecule is COc1cccc(OC)c1/C1=C2\C=CC(=N2)/C(c2c(NC(=O)[C@@H]3CCCO3)cccc2NC(=O)[C@@H]2CCCO2)=c2/cc/c([n-]2)=C(\c2c(OC)cccc2OC)C2C=C/C(=C(\c3c(NC(=O)[C@@H]4CCCO4)cccc3NC(=O)[C@@H]3CCCO3)c3ccc1[n-]3)[N-]2.[Co+3]. The molecular weight excluding hydrogens is 1180 g/mol. The van der Waals surface area contributed by atoms with E-state index in [1.54, 1.807) is 64.8 Å². The smallest absolute Gasteiger partial charge is 0.674 e. The van der Waals surface area contributed by atoms with Gasteiger partial charge < -0.3 is 74.4 Å². The number of amides is 4. The van der Waals surface area contributed by atoms with Crippen LogP contribution in [0.15, 0.2) is 138 Å². The number of ether oxygens (including phenoxy) is 8. The van der Waals surface area contributed by atoms with Crippen LogP contribution in [0.4, 0.5) is 22.7 Å². The Morgan fingerprint density at radius 3 is 1.31 bits per heavy atom. The predicted octanol–water partition coefficient (Wildman–Crippen LogP) is 8.06. The maximum Gasteiger partial charge on any atom is 3.00 e. The molecule has 20 nitrogen and oxygen atoms in total. The first-order chi connectivity index (χ1) is 43.1. The summed E-state index contributed by atoms with van der Waals surface area (Å²) in [6, 6.07) is 28.4. The van der Waals surface area contributed by atoms with Crippen LogP contribution in [0.3, 0.4) is 0 Å². The summed E-state index contributed by atoms with van der Waals surface area (Å²) in [6.07, 6.45) is 9.84. The van der Waals surface area contributed by atoms with Crippen molar-refractivity contribution < 1.29 is 73.9 Å². The van der Waals surface area contributed by atoms with Gasteiger partial charge in [0, 0.05) is 43.1 Å². The van der Waals surface area contributed by atoms with Crippen molar-refractivity contribution in [1.29, 1.82) is 0 Å². The van der Waals surface area contributed by atoms with E-state index in [0.717, 1.165) is 25.7 Å². The monoisotopic (exact) mass is 1240 g/mol. The summed E-state index contributed by atoms with van der Waals surface area (Å²) in [6.45, 7) is 1.79. The molecule has 458 valence electrons. The van der Waals surface area contributed by atoms with E-state index >= 15 is 0 Å². The summed E-state index contributed by atoms with van der Waals surface area (Å²) < 4.78 is 48.2. The molecule has 7 aliphatic heterocycles. The number of rotatable bonds is 16. The normalized spacial score (nSPS) is 23.7. The van der Waals surface area contributed by atoms with Gasteiger partial charge in [0.2, 0.25) is 0 Å². The van der Waals surface area contributed by atoms with Crippen LogP contribution in [0.25, 0.3) is 27.6 Å². The van der Waals surface area contributed by atoms with E-state index in [1.807, 2.05) is 85.0 Å². The standard InChI is InChI=1S/C68H68N8O12.Co/c1-81-49-17-7-18-50(82-2)63(49)61-45-29-25-41(69-45)59(57-37(73-65(77)53-21-9-33-85-53)13-5-14-38(57)74-66(78)54-22-10-34-86-54)43-27-31-47(71-43)62(64-51(83-3)19-8-20-52(64)84-4)48-32-28-44(72-48)60(42-26-30-46(61)70-42)58-39(75-67(79)55-23-11-35-87-55)15-6-16-40(58)76-68(80)56-24-12-36-88-56;/h5-8,13-20,25-32,45,53-56H,9-12,21-24,33-36H2,1-4H3,(H7,69,70,71,72,73,74,75,76,77,78,79,80);/q;+3/p-3/b61-46+;/t45?,53-,54-,55-,56-;/m0./s1. The first kappa shape index (κ1) is 60.3. The van der Waals surface area contributed by atoms with Crippen molar-refractivity contribution in [3.8, 4) is 23.0 Å². The van der Waals surface area contributed by atoms with Crippen LogP contribution < -0.4 is 60.9 Å². The van der Waals surface area contributed by atoms with Gasteiger partial charge in [0.15, 0.2) is 0 Å². The molecule has 4 amide bonds. The van der Waals surface area contributed by atoms with Crippen LogP contribution in [0.2, 0.25) is 0 Å². The fraction of sp³-hybridized carbons (Fsp3) is 0.309. The van der Waals surface area contributed by atoms with Gasteiger partial charge in [-0.05, 0) is 123 Å². The largest absolute Gasteiger partial charge is 3.00 e. The molecule has 4 N–H and O–H groups in total. The molecule has 7 aliphatic rings. The van der Waals surface area contributed by atoms with Crippen molar-refractivity contribution in [3.05, 3.63) is 182 Å². The Bertz CT molecular complexity index is 3920. The van der Waals surface area contributed by atoms with E-state index in [0.29, 0.717) is 182 Å². The van der Waals surface area contributed by atoms with Gasteiger partial charge in [-0.1, -0.05) is 72.3 Å². The molecule has 9 heterocycles. The Hall–Kier alpha value is -8.96. The number of carbonyl (C=O) groups excluding carboxylic acids is 4. The summed E-state index contributed by atoms with van der Waals surface area (Å²) in [7, 11) is 6.32. The van der Waals surface area contributed by atoms with E-state index in [1.165, 1.54) is 0 Å². The van der Waals surface area contributed by atoms with E-state index in [9.17, 15) is 19.2 Å². The molecule has 0 saturated carbocycles. The molecule has 4 fully saturated rings. The number of nitrogens with zero attached hydrogens (tertiary/aromatic N) is 4. The number of anilines is 4. The molecule has 1 unspecified atom stereocenters. The number of fused-ring (bicyclic) bond motifs is 7. The van der Waals surface area contributed by atoms with Crippen LogP contribution in [-0.2, 0) is 54.9 Å². The third kappa shape index (κ3) is 11.8. The van der Waals surface area contributed by atoms with E-state index in [-0.39, 0.29) is 40.4 Å². The quantitative estimate of drug-likeness (QED) is 0.0717. The minimum absolute atomic E-state index is 0. The molecule has 0 radical (unpaired) electrons. The third-order valence-electron chi connectivity index (χ3n) is 16.7. The van der Waals surface area contributed by atoms with Crippen molar-refractivity contribution in [3.63, 3.8) is 0 Å². The van der Waals surface area contributed by atoms with Crippen molar-refractivity contribution in [2.24, 2.45) is 4.99 Å². The second-order valence-corrected chi connectivity index (χ2v) is 22.0. The molecule has 5 atom stereocenters. The molecule has 6 aromatic rings. The van der Waals surface area contributed by atoms with Gasteiger partial charge in [0.1, 0.15) is 47.4 Å². The zero-order valence-corrected chi connectivity index (χ0v) is 50.5. The van der Waals surface area contributed by atoms with Gasteiger partial charge >= 0.3 is 16.8 Å². The molecule has 89 heavy (non-hydrogen) atoms. The van der Waals surface area contributed by atoms with Crippen LogP contribution >= 0.6 is 0 Å². The Morgan fingerprint density at radius 2 is 0.876 bits per heavy atom. The molecule has 8 bridgehead atoms. The molecule has 0 spiro atoms. The number of benzene rings is 4. The first-order valence-corrected chi connectivity index (χ1v) is 29.7. The fourth-order valence-corrected chi connectivity index (χ4v) is 12.5. The Kier molecular flexibility index (Phi) is 17.9. The fourth-order valence-electron chi connectivity index (χ4n) is 12.5. The number of hydrogen-bond acceptors (Lipinski definition) is 13. The topological polar surface area (TPSA) is 245 Å². The molecule has 2 aromatic heterocycles. The minimum Gasteiger partial charge on any atom is -0.674 e. The average molecular weight is 1250 g/mol. The molecule has 0 aliphatic carbocycles. The van der Waals surface area contributed by atoms with Gasteiger partial charge in [-0.3, -0.25) is 19.2 Å². The predicted molar refractivity (Wildman–Crippen MR) is 331 cm³/mol. The first-order valence-electron chi connectivity index (χ1n) is 29.7. The minimum atomic E-state index is -0.815. The van der Waals surface area contributed by atoms with Crippen LogP contribution in [0, 0.1) is 0 Å². The summed E-state index contributed by atoms with van der Waals surface area (Å²) in [5, 5.41) is 19.2. The number of nitrogens with one attached hydrogen (secondary N) is 4. The Balaban J connectivity index is 0.00000769. The third-order valence-corrected chi connectivity index (χ3v) is 16.7. The summed E-state index contributed by atoms with van der Waals surface area (Å²) in [4.78, 5) is 73.8. The second-order valence-electron chi connectivity index (χ2n) is 22.0. The van der Waals surface area contributed by atoms with Gasteiger partial charge in [-0.2, -0.15) is 0 Å². The van der Waals surface area contributed by atoms with Crippen molar-refractivity contribution in [2.75, 3.05) is 76.1 Å². The van der Waals surface area contributed by atoms with Gasteiger partial charge in [0.05, 0.1) is 73.7 Å². The number of aromatic nitrogens is 2. The van der Waals surface area contributed by atoms with Gasteiger partial charge in [0.25, 0.3) is 23.6 Å². The van der Waals surface area contributed by atoms with Crippen LogP contribution in [0.5, 0.6) is 23.0 Å². The maximum absolute atomic E-state index is 14.3. The summed E-state index contributed by atoms with van der Waals surface area (Å²) in [5.74, 6) is 0.477. The van der Waals surface area contributed by atoms with Crippen molar-refractivity contribution in [1.82, 2.24) is 9.97 Å². The van der Waals surface area contributed by atoms with E-state index in [2.05, 4.69) is 21.3 Å². The van der Waals surface area contributed by atoms with E-state index in [4.69, 9.17) is 58.2 Å². The number of allylic oxidation sites excluding steroid dienone is 3. The molecular formula is C68H65CoN8O12. The summed E-state index contributed by atoms with van der Waals surface area (Å²) in [5.41, 5.74) is 7.56. The zero-order valence-electron chi connectivity index (χ0n) is 49.4.